The topological polar surface area (TPSA) is 87.5 Å². The molecular weight excluding hydrogens is 412 g/mol. The first-order chi connectivity index (χ1) is 14.7. The molecule has 170 valence electrons. The number of benzene rings is 2. The van der Waals surface area contributed by atoms with Gasteiger partial charge in [-0.2, -0.15) is 0 Å². The van der Waals surface area contributed by atoms with Crippen LogP contribution in [0, 0.1) is 0 Å². The highest BCUT2D eigenvalue weighted by atomic mass is 35.5. The average Bonchev–Trinajstić information content (AvgIpc) is 2.77. The molecule has 4 N–H and O–H groups in total. The number of nitrogens with two attached hydrogens (primary N) is 1. The molecular formula is C24H35ClN4O2. The third-order valence-electron chi connectivity index (χ3n) is 5.61. The Morgan fingerprint density at radius 2 is 1.19 bits per heavy atom. The molecule has 0 bridgehead atoms. The number of carbonyl (C=O) groups excluding carboxylic acids is 2. The highest BCUT2D eigenvalue weighted by Gasteiger charge is 2.31. The van der Waals surface area contributed by atoms with Crippen molar-refractivity contribution in [3.8, 4) is 0 Å². The van der Waals surface area contributed by atoms with Crippen molar-refractivity contribution in [2.75, 3.05) is 39.3 Å². The Morgan fingerprint density at radius 1 is 0.710 bits per heavy atom. The van der Waals surface area contributed by atoms with Gasteiger partial charge in [0.25, 0.3) is 11.8 Å². The number of hydrogen-bond acceptors (Lipinski definition) is 5. The minimum Gasteiger partial charge on any atom is -0.330 e. The van der Waals surface area contributed by atoms with Crippen molar-refractivity contribution in [2.45, 2.75) is 38.5 Å². The van der Waals surface area contributed by atoms with Crippen molar-refractivity contribution in [1.82, 2.24) is 15.5 Å². The SMILES string of the molecule is Cl.NCCCCNCCCCNCCCCN1C(=O)c2cccc3cccc(c23)C1=O. The number of halogens is 1. The van der Waals surface area contributed by atoms with Crippen LogP contribution in [0.3, 0.4) is 0 Å². The summed E-state index contributed by atoms with van der Waals surface area (Å²) in [5.74, 6) is -0.340. The van der Waals surface area contributed by atoms with Gasteiger partial charge in [-0.15, -0.1) is 12.4 Å². The Labute approximate surface area is 191 Å². The predicted octanol–water partition coefficient (Wildman–Crippen LogP) is 3.34. The number of unbranched alkanes of at least 4 members (excludes halogenated alkanes) is 3. The largest absolute Gasteiger partial charge is 0.330 e. The molecule has 6 nitrogen and oxygen atoms in total. The highest BCUT2D eigenvalue weighted by molar-refractivity contribution is 6.25. The molecule has 0 radical (unpaired) electrons. The second kappa shape index (κ2) is 13.4. The molecule has 0 aromatic heterocycles. The summed E-state index contributed by atoms with van der Waals surface area (Å²) in [5.41, 5.74) is 6.75. The van der Waals surface area contributed by atoms with Gasteiger partial charge in [0, 0.05) is 23.1 Å². The van der Waals surface area contributed by atoms with Crippen LogP contribution < -0.4 is 16.4 Å². The Kier molecular flexibility index (Phi) is 10.9. The molecule has 0 unspecified atom stereocenters. The fourth-order valence-electron chi connectivity index (χ4n) is 3.95. The summed E-state index contributed by atoms with van der Waals surface area (Å²) in [6.07, 6.45) is 6.31. The van der Waals surface area contributed by atoms with Crippen LogP contribution >= 0.6 is 12.4 Å². The maximum atomic E-state index is 12.8. The summed E-state index contributed by atoms with van der Waals surface area (Å²) < 4.78 is 0. The van der Waals surface area contributed by atoms with Crippen molar-refractivity contribution in [1.29, 1.82) is 0 Å². The fourth-order valence-corrected chi connectivity index (χ4v) is 3.95. The van der Waals surface area contributed by atoms with E-state index >= 15 is 0 Å². The van der Waals surface area contributed by atoms with E-state index in [9.17, 15) is 9.59 Å². The Balaban J connectivity index is 0.00000341. The van der Waals surface area contributed by atoms with Crippen LogP contribution in [0.25, 0.3) is 10.8 Å². The van der Waals surface area contributed by atoms with Gasteiger partial charge in [-0.1, -0.05) is 24.3 Å². The molecule has 3 rings (SSSR count). The molecule has 0 saturated carbocycles. The summed E-state index contributed by atoms with van der Waals surface area (Å²) in [5, 5.41) is 8.63. The number of hydrogen-bond donors (Lipinski definition) is 3. The van der Waals surface area contributed by atoms with Crippen LogP contribution in [0.15, 0.2) is 36.4 Å². The average molecular weight is 447 g/mol. The normalized spacial score (nSPS) is 13.0. The van der Waals surface area contributed by atoms with E-state index in [4.69, 9.17) is 5.73 Å². The standard InChI is InChI=1S/C24H34N4O2.ClH/c25-13-1-2-14-26-15-3-4-16-27-17-5-6-18-28-23(29)20-11-7-9-19-10-8-12-21(22(19)20)24(28)30;/h7-12,26-27H,1-6,13-18,25H2;1H. The lowest BCUT2D eigenvalue weighted by molar-refractivity contribution is 0.0608. The van der Waals surface area contributed by atoms with Crippen LogP contribution in [-0.2, 0) is 0 Å². The maximum Gasteiger partial charge on any atom is 0.261 e. The lowest BCUT2D eigenvalue weighted by atomic mass is 9.94. The minimum absolute atomic E-state index is 0. The molecule has 2 aromatic rings. The van der Waals surface area contributed by atoms with Crippen LogP contribution in [0.1, 0.15) is 59.2 Å². The van der Waals surface area contributed by atoms with E-state index in [0.717, 1.165) is 82.0 Å². The van der Waals surface area contributed by atoms with E-state index in [-0.39, 0.29) is 24.2 Å². The van der Waals surface area contributed by atoms with Crippen LogP contribution in [-0.4, -0.2) is 56.0 Å². The first-order valence-electron chi connectivity index (χ1n) is 11.2. The van der Waals surface area contributed by atoms with Gasteiger partial charge in [0.2, 0.25) is 0 Å². The number of nitrogens with zero attached hydrogens (tertiary/aromatic N) is 1. The van der Waals surface area contributed by atoms with Gasteiger partial charge >= 0.3 is 0 Å². The number of rotatable bonds is 14. The van der Waals surface area contributed by atoms with Gasteiger partial charge in [-0.05, 0) is 88.8 Å². The number of amides is 2. The van der Waals surface area contributed by atoms with Crippen LogP contribution in [0.5, 0.6) is 0 Å². The molecule has 2 aromatic carbocycles. The lowest BCUT2D eigenvalue weighted by Crippen LogP contribution is -2.41. The van der Waals surface area contributed by atoms with Crippen molar-refractivity contribution in [3.63, 3.8) is 0 Å². The summed E-state index contributed by atoms with van der Waals surface area (Å²) in [6, 6.07) is 11.3. The Morgan fingerprint density at radius 3 is 1.71 bits per heavy atom. The molecule has 0 aliphatic carbocycles. The molecule has 0 atom stereocenters. The molecule has 0 spiro atoms. The Hall–Kier alpha value is -1.99. The first-order valence-corrected chi connectivity index (χ1v) is 11.2. The third-order valence-corrected chi connectivity index (χ3v) is 5.61. The molecule has 1 aliphatic rings. The van der Waals surface area contributed by atoms with E-state index in [2.05, 4.69) is 10.6 Å². The van der Waals surface area contributed by atoms with Gasteiger partial charge < -0.3 is 16.4 Å². The van der Waals surface area contributed by atoms with Gasteiger partial charge in [-0.25, -0.2) is 0 Å². The summed E-state index contributed by atoms with van der Waals surface area (Å²) in [6.45, 7) is 5.26. The van der Waals surface area contributed by atoms with Crippen molar-refractivity contribution >= 4 is 35.0 Å². The van der Waals surface area contributed by atoms with E-state index in [1.54, 1.807) is 0 Å². The van der Waals surface area contributed by atoms with E-state index in [1.807, 2.05) is 36.4 Å². The minimum atomic E-state index is -0.170. The second-order valence-electron chi connectivity index (χ2n) is 7.88. The Bertz CT molecular complexity index is 808. The van der Waals surface area contributed by atoms with Gasteiger partial charge in [0.15, 0.2) is 0 Å². The number of imide groups is 1. The summed E-state index contributed by atoms with van der Waals surface area (Å²) >= 11 is 0. The quantitative estimate of drug-likeness (QED) is 0.306. The van der Waals surface area contributed by atoms with Gasteiger partial charge in [0.05, 0.1) is 0 Å². The van der Waals surface area contributed by atoms with Crippen LogP contribution in [0.2, 0.25) is 0 Å². The van der Waals surface area contributed by atoms with Crippen LogP contribution in [0.4, 0.5) is 0 Å². The van der Waals surface area contributed by atoms with Crippen molar-refractivity contribution < 1.29 is 9.59 Å². The lowest BCUT2D eigenvalue weighted by Gasteiger charge is -2.27. The van der Waals surface area contributed by atoms with Crippen molar-refractivity contribution in [3.05, 3.63) is 47.5 Å². The fraction of sp³-hybridized carbons (Fsp3) is 0.500. The molecule has 0 fully saturated rings. The zero-order chi connectivity index (χ0) is 21.2. The first kappa shape index (κ1) is 25.3. The summed E-state index contributed by atoms with van der Waals surface area (Å²) in [4.78, 5) is 27.1. The predicted molar refractivity (Wildman–Crippen MR) is 129 cm³/mol. The molecule has 1 aliphatic heterocycles. The van der Waals surface area contributed by atoms with Gasteiger partial charge in [-0.3, -0.25) is 14.5 Å². The molecule has 7 heteroatoms. The molecule has 1 heterocycles. The summed E-state index contributed by atoms with van der Waals surface area (Å²) in [7, 11) is 0. The van der Waals surface area contributed by atoms with E-state index < -0.39 is 0 Å². The molecule has 31 heavy (non-hydrogen) atoms. The smallest absolute Gasteiger partial charge is 0.261 e. The zero-order valence-electron chi connectivity index (χ0n) is 18.2. The van der Waals surface area contributed by atoms with Gasteiger partial charge in [0.1, 0.15) is 0 Å². The maximum absolute atomic E-state index is 12.8. The highest BCUT2D eigenvalue weighted by Crippen LogP contribution is 2.29. The zero-order valence-corrected chi connectivity index (χ0v) is 19.0. The number of carbonyl (C=O) groups is 2. The molecule has 2 amide bonds. The number of nitrogens with one attached hydrogen (secondary N) is 2. The second-order valence-corrected chi connectivity index (χ2v) is 7.88. The monoisotopic (exact) mass is 446 g/mol. The molecule has 0 saturated heterocycles. The van der Waals surface area contributed by atoms with E-state index in [1.165, 1.54) is 4.90 Å². The third kappa shape index (κ3) is 6.74. The van der Waals surface area contributed by atoms with Crippen molar-refractivity contribution in [2.24, 2.45) is 5.73 Å². The van der Waals surface area contributed by atoms with E-state index in [0.29, 0.717) is 17.7 Å².